The summed E-state index contributed by atoms with van der Waals surface area (Å²) in [6.07, 6.45) is 10.6. The van der Waals surface area contributed by atoms with Crippen LogP contribution >= 0.6 is 0 Å². The van der Waals surface area contributed by atoms with Crippen molar-refractivity contribution in [3.8, 4) is 0 Å². The zero-order chi connectivity index (χ0) is 27.5. The molecule has 5 N–H and O–H groups in total. The van der Waals surface area contributed by atoms with Crippen LogP contribution < -0.4 is 0 Å². The highest BCUT2D eigenvalue weighted by Gasteiger charge is 2.49. The normalized spacial score (nSPS) is 25.0. The van der Waals surface area contributed by atoms with Crippen molar-refractivity contribution in [2.45, 2.75) is 121 Å². The highest BCUT2D eigenvalue weighted by molar-refractivity contribution is 5.75. The van der Waals surface area contributed by atoms with Crippen molar-refractivity contribution in [3.05, 3.63) is 24.3 Å². The molecule has 1 fully saturated rings. The van der Waals surface area contributed by atoms with Gasteiger partial charge < -0.3 is 39.7 Å². The van der Waals surface area contributed by atoms with E-state index in [4.69, 9.17) is 19.3 Å². The smallest absolute Gasteiger partial charge is 0.337 e. The number of aliphatic hydroxyl groups is 5. The van der Waals surface area contributed by atoms with E-state index >= 15 is 0 Å². The molecule has 1 rings (SSSR count). The minimum Gasteiger partial charge on any atom is -0.455 e. The van der Waals surface area contributed by atoms with Crippen LogP contribution in [0.2, 0.25) is 0 Å². The minimum absolute atomic E-state index is 0.0639. The fourth-order valence-electron chi connectivity index (χ4n) is 3.90. The molecular formula is C27H46O10. The van der Waals surface area contributed by atoms with Crippen LogP contribution in [0.25, 0.3) is 0 Å². The van der Waals surface area contributed by atoms with Gasteiger partial charge in [0.25, 0.3) is 0 Å². The monoisotopic (exact) mass is 530 g/mol. The van der Waals surface area contributed by atoms with Gasteiger partial charge in [0.05, 0.1) is 13.2 Å². The maximum Gasteiger partial charge on any atom is 0.337 e. The van der Waals surface area contributed by atoms with Gasteiger partial charge in [0.15, 0.2) is 24.6 Å². The van der Waals surface area contributed by atoms with Crippen LogP contribution in [0.15, 0.2) is 24.3 Å². The molecule has 0 aromatic heterocycles. The van der Waals surface area contributed by atoms with E-state index in [1.807, 2.05) is 0 Å². The van der Waals surface area contributed by atoms with Crippen LogP contribution in [-0.4, -0.2) is 87.5 Å². The SMILES string of the molecule is CCCCC/C=C/C/C=C/CCCCCCCC(=O)O[C@H]1[C@@H](O)[C@@H](CO)O[C@@H](O)[C@@H]1OC(=O)C(O)CO. The third-order valence-corrected chi connectivity index (χ3v) is 6.11. The Bertz CT molecular complexity index is 680. The summed E-state index contributed by atoms with van der Waals surface area (Å²) in [6, 6.07) is 0. The predicted molar refractivity (Wildman–Crippen MR) is 136 cm³/mol. The third-order valence-electron chi connectivity index (χ3n) is 6.11. The maximum atomic E-state index is 12.4. The molecule has 0 aromatic rings. The van der Waals surface area contributed by atoms with Gasteiger partial charge in [-0.05, 0) is 38.5 Å². The van der Waals surface area contributed by atoms with Crippen molar-refractivity contribution in [2.75, 3.05) is 13.2 Å². The molecule has 0 spiro atoms. The number of rotatable bonds is 19. The van der Waals surface area contributed by atoms with Crippen molar-refractivity contribution < 1.29 is 49.3 Å². The molecule has 37 heavy (non-hydrogen) atoms. The predicted octanol–water partition coefficient (Wildman–Crippen LogP) is 2.05. The Kier molecular flexibility index (Phi) is 18.1. The van der Waals surface area contributed by atoms with Crippen LogP contribution in [-0.2, 0) is 23.8 Å². The van der Waals surface area contributed by atoms with E-state index in [-0.39, 0.29) is 6.42 Å². The second-order valence-corrected chi connectivity index (χ2v) is 9.27. The molecule has 0 amide bonds. The average molecular weight is 531 g/mol. The molecule has 214 valence electrons. The molecule has 0 aromatic carbocycles. The van der Waals surface area contributed by atoms with Crippen LogP contribution in [0.4, 0.5) is 0 Å². The lowest BCUT2D eigenvalue weighted by atomic mass is 9.98. The first-order chi connectivity index (χ1) is 17.8. The second kappa shape index (κ2) is 20.2. The standard InChI is InChI=1S/C27H46O10/c1-2-3-4-5-6-7-8-9-10-11-12-13-14-15-16-17-22(31)36-24-23(32)21(19-29)35-27(34)25(24)37-26(33)20(30)18-28/h6-7,9-10,20-21,23-25,27-30,32,34H,2-5,8,11-19H2,1H3/b7-6+,10-9+/t20?,21-,23+,24+,25-,27-/m1/s1. The summed E-state index contributed by atoms with van der Waals surface area (Å²) >= 11 is 0. The Morgan fingerprint density at radius 3 is 2.11 bits per heavy atom. The molecular weight excluding hydrogens is 484 g/mol. The van der Waals surface area contributed by atoms with Gasteiger partial charge in [-0.1, -0.05) is 63.3 Å². The number of ether oxygens (including phenoxy) is 3. The van der Waals surface area contributed by atoms with Gasteiger partial charge in [-0.2, -0.15) is 0 Å². The van der Waals surface area contributed by atoms with Crippen LogP contribution in [0.3, 0.4) is 0 Å². The van der Waals surface area contributed by atoms with E-state index in [1.54, 1.807) is 0 Å². The molecule has 0 radical (unpaired) electrons. The third kappa shape index (κ3) is 13.5. The van der Waals surface area contributed by atoms with Crippen molar-refractivity contribution in [2.24, 2.45) is 0 Å². The van der Waals surface area contributed by atoms with Crippen molar-refractivity contribution in [1.82, 2.24) is 0 Å². The molecule has 0 aliphatic carbocycles. The number of hydrogen-bond acceptors (Lipinski definition) is 10. The van der Waals surface area contributed by atoms with Crippen LogP contribution in [0, 0.1) is 0 Å². The summed E-state index contributed by atoms with van der Waals surface area (Å²) in [6.45, 7) is 0.618. The van der Waals surface area contributed by atoms with E-state index in [0.29, 0.717) is 6.42 Å². The zero-order valence-electron chi connectivity index (χ0n) is 22.0. The van der Waals surface area contributed by atoms with Gasteiger partial charge in [0.1, 0.15) is 12.2 Å². The summed E-state index contributed by atoms with van der Waals surface area (Å²) in [5.41, 5.74) is 0. The lowest BCUT2D eigenvalue weighted by Crippen LogP contribution is -2.61. The summed E-state index contributed by atoms with van der Waals surface area (Å²) in [7, 11) is 0. The molecule has 10 heteroatoms. The zero-order valence-corrected chi connectivity index (χ0v) is 22.0. The molecule has 1 unspecified atom stereocenters. The molecule has 1 saturated heterocycles. The van der Waals surface area contributed by atoms with Gasteiger partial charge >= 0.3 is 11.9 Å². The van der Waals surface area contributed by atoms with Gasteiger partial charge in [0, 0.05) is 6.42 Å². The molecule has 0 saturated carbocycles. The lowest BCUT2D eigenvalue weighted by molar-refractivity contribution is -0.295. The highest BCUT2D eigenvalue weighted by atomic mass is 16.7. The number of allylic oxidation sites excluding steroid dienone is 4. The maximum absolute atomic E-state index is 12.4. The topological polar surface area (TPSA) is 163 Å². The fraction of sp³-hybridized carbons (Fsp3) is 0.778. The Morgan fingerprint density at radius 2 is 1.49 bits per heavy atom. The van der Waals surface area contributed by atoms with Crippen molar-refractivity contribution in [3.63, 3.8) is 0 Å². The molecule has 0 bridgehead atoms. The van der Waals surface area contributed by atoms with Crippen molar-refractivity contribution in [1.29, 1.82) is 0 Å². The summed E-state index contributed by atoms with van der Waals surface area (Å²) in [5, 5.41) is 48.2. The average Bonchev–Trinajstić information content (AvgIpc) is 2.89. The Balaban J connectivity index is 2.31. The largest absolute Gasteiger partial charge is 0.455 e. The molecule has 1 aliphatic heterocycles. The van der Waals surface area contributed by atoms with Crippen LogP contribution in [0.5, 0.6) is 0 Å². The van der Waals surface area contributed by atoms with Gasteiger partial charge in [0.2, 0.25) is 0 Å². The lowest BCUT2D eigenvalue weighted by Gasteiger charge is -2.41. The first-order valence-electron chi connectivity index (χ1n) is 13.5. The van der Waals surface area contributed by atoms with Gasteiger partial charge in [-0.3, -0.25) is 4.79 Å². The molecule has 6 atom stereocenters. The number of esters is 2. The Labute approximate surface area is 219 Å². The molecule has 1 heterocycles. The number of carbonyl (C=O) groups excluding carboxylic acids is 2. The second-order valence-electron chi connectivity index (χ2n) is 9.27. The van der Waals surface area contributed by atoms with E-state index < -0.39 is 62.0 Å². The fourth-order valence-corrected chi connectivity index (χ4v) is 3.90. The quantitative estimate of drug-likeness (QED) is 0.0949. The Hall–Kier alpha value is -1.82. The number of hydrogen-bond donors (Lipinski definition) is 5. The van der Waals surface area contributed by atoms with Crippen molar-refractivity contribution >= 4 is 11.9 Å². The summed E-state index contributed by atoms with van der Waals surface area (Å²) in [5.74, 6) is -1.94. The highest BCUT2D eigenvalue weighted by Crippen LogP contribution is 2.26. The van der Waals surface area contributed by atoms with E-state index in [9.17, 15) is 30.0 Å². The first-order valence-corrected chi connectivity index (χ1v) is 13.5. The molecule has 1 aliphatic rings. The number of aliphatic hydroxyl groups excluding tert-OH is 5. The molecule has 10 nitrogen and oxygen atoms in total. The summed E-state index contributed by atoms with van der Waals surface area (Å²) < 4.78 is 15.2. The van der Waals surface area contributed by atoms with E-state index in [2.05, 4.69) is 31.2 Å². The van der Waals surface area contributed by atoms with Gasteiger partial charge in [-0.25, -0.2) is 4.79 Å². The summed E-state index contributed by atoms with van der Waals surface area (Å²) in [4.78, 5) is 24.2. The van der Waals surface area contributed by atoms with Gasteiger partial charge in [-0.15, -0.1) is 0 Å². The number of carbonyl (C=O) groups is 2. The van der Waals surface area contributed by atoms with E-state index in [0.717, 1.165) is 44.9 Å². The first kappa shape index (κ1) is 33.2. The minimum atomic E-state index is -1.87. The Morgan fingerprint density at radius 1 is 0.865 bits per heavy atom. The van der Waals surface area contributed by atoms with Crippen LogP contribution in [0.1, 0.15) is 84.0 Å². The number of unbranched alkanes of at least 4 members (excludes halogenated alkanes) is 8. The van der Waals surface area contributed by atoms with E-state index in [1.165, 1.54) is 19.3 Å².